The Hall–Kier alpha value is -0.0800. The van der Waals surface area contributed by atoms with Gasteiger partial charge in [-0.3, -0.25) is 0 Å². The molecule has 1 aliphatic heterocycles. The molecule has 2 nitrogen and oxygen atoms in total. The minimum Gasteiger partial charge on any atom is -0.381 e. The maximum atomic E-state index is 5.70. The van der Waals surface area contributed by atoms with Crippen molar-refractivity contribution in [3.8, 4) is 0 Å². The van der Waals surface area contributed by atoms with Gasteiger partial charge in [-0.2, -0.15) is 0 Å². The summed E-state index contributed by atoms with van der Waals surface area (Å²) >= 11 is 0. The van der Waals surface area contributed by atoms with Crippen LogP contribution in [0.25, 0.3) is 0 Å². The largest absolute Gasteiger partial charge is 0.381 e. The Kier molecular flexibility index (Phi) is 10.6. The second-order valence-corrected chi connectivity index (χ2v) is 5.64. The van der Waals surface area contributed by atoms with Crippen LogP contribution < -0.4 is 0 Å². The molecule has 1 aliphatic rings. The summed E-state index contributed by atoms with van der Waals surface area (Å²) in [5.41, 5.74) is 0. The molecular formula is C16H33NO. The number of hydrogen-bond donors (Lipinski definition) is 0. The molecule has 0 aliphatic carbocycles. The van der Waals surface area contributed by atoms with E-state index < -0.39 is 0 Å². The average molecular weight is 255 g/mol. The molecule has 0 spiro atoms. The smallest absolute Gasteiger partial charge is 0.0478 e. The summed E-state index contributed by atoms with van der Waals surface area (Å²) in [5.74, 6) is 0. The Balaban J connectivity index is 1.73. The van der Waals surface area contributed by atoms with E-state index in [0.29, 0.717) is 0 Å². The van der Waals surface area contributed by atoms with E-state index in [4.69, 9.17) is 4.74 Å². The van der Waals surface area contributed by atoms with Gasteiger partial charge in [-0.25, -0.2) is 0 Å². The van der Waals surface area contributed by atoms with E-state index >= 15 is 0 Å². The zero-order valence-electron chi connectivity index (χ0n) is 12.5. The van der Waals surface area contributed by atoms with Crippen molar-refractivity contribution in [1.82, 2.24) is 4.90 Å². The van der Waals surface area contributed by atoms with Gasteiger partial charge in [0, 0.05) is 19.8 Å². The van der Waals surface area contributed by atoms with Crippen LogP contribution in [0.3, 0.4) is 0 Å². The number of hydrogen-bond acceptors (Lipinski definition) is 2. The highest BCUT2D eigenvalue weighted by Gasteiger charge is 2.08. The van der Waals surface area contributed by atoms with E-state index in [0.717, 1.165) is 13.2 Å². The fourth-order valence-corrected chi connectivity index (χ4v) is 2.66. The molecule has 0 saturated carbocycles. The lowest BCUT2D eigenvalue weighted by atomic mass is 10.1. The Morgan fingerprint density at radius 2 is 1.44 bits per heavy atom. The van der Waals surface area contributed by atoms with Crippen LogP contribution >= 0.6 is 0 Å². The van der Waals surface area contributed by atoms with Crippen LogP contribution in [0.4, 0.5) is 0 Å². The maximum Gasteiger partial charge on any atom is 0.0478 e. The van der Waals surface area contributed by atoms with Crippen LogP contribution in [0.15, 0.2) is 0 Å². The number of likely N-dealkylation sites (tertiary alicyclic amines) is 1. The molecule has 0 aromatic rings. The predicted octanol–water partition coefficient (Wildman–Crippen LogP) is 4.24. The Bertz CT molecular complexity index is 166. The van der Waals surface area contributed by atoms with E-state index in [2.05, 4.69) is 11.8 Å². The molecule has 1 rings (SSSR count). The molecule has 0 bridgehead atoms. The Morgan fingerprint density at radius 1 is 0.778 bits per heavy atom. The molecular weight excluding hydrogens is 222 g/mol. The highest BCUT2D eigenvalue weighted by atomic mass is 16.5. The van der Waals surface area contributed by atoms with Crippen molar-refractivity contribution in [3.63, 3.8) is 0 Å². The fraction of sp³-hybridized carbons (Fsp3) is 1.00. The highest BCUT2D eigenvalue weighted by Crippen LogP contribution is 2.09. The summed E-state index contributed by atoms with van der Waals surface area (Å²) < 4.78 is 5.70. The number of piperidine rings is 1. The van der Waals surface area contributed by atoms with Gasteiger partial charge in [0.05, 0.1) is 0 Å². The van der Waals surface area contributed by atoms with Gasteiger partial charge >= 0.3 is 0 Å². The second-order valence-electron chi connectivity index (χ2n) is 5.64. The number of rotatable bonds is 11. The van der Waals surface area contributed by atoms with Crippen LogP contribution in [0.2, 0.25) is 0 Å². The van der Waals surface area contributed by atoms with Crippen LogP contribution in [0.1, 0.15) is 71.1 Å². The third-order valence-electron chi connectivity index (χ3n) is 3.85. The molecule has 0 aromatic heterocycles. The van der Waals surface area contributed by atoms with Crippen molar-refractivity contribution < 1.29 is 4.74 Å². The van der Waals surface area contributed by atoms with Gasteiger partial charge in [-0.15, -0.1) is 0 Å². The summed E-state index contributed by atoms with van der Waals surface area (Å²) in [6.45, 7) is 8.09. The molecule has 0 N–H and O–H groups in total. The average Bonchev–Trinajstić information content (AvgIpc) is 2.42. The third kappa shape index (κ3) is 8.93. The lowest BCUT2D eigenvalue weighted by molar-refractivity contribution is 0.113. The van der Waals surface area contributed by atoms with Crippen LogP contribution in [0, 0.1) is 0 Å². The van der Waals surface area contributed by atoms with Gasteiger partial charge in [0.2, 0.25) is 0 Å². The van der Waals surface area contributed by atoms with Gasteiger partial charge in [0.25, 0.3) is 0 Å². The zero-order valence-corrected chi connectivity index (χ0v) is 12.5. The van der Waals surface area contributed by atoms with E-state index in [1.165, 1.54) is 83.8 Å². The van der Waals surface area contributed by atoms with Crippen molar-refractivity contribution in [2.45, 2.75) is 71.1 Å². The molecule has 18 heavy (non-hydrogen) atoms. The summed E-state index contributed by atoms with van der Waals surface area (Å²) in [6, 6.07) is 0. The lowest BCUT2D eigenvalue weighted by Crippen LogP contribution is -2.31. The van der Waals surface area contributed by atoms with E-state index in [9.17, 15) is 0 Å². The number of nitrogens with zero attached hydrogens (tertiary/aromatic N) is 1. The maximum absolute atomic E-state index is 5.70. The van der Waals surface area contributed by atoms with Gasteiger partial charge < -0.3 is 9.64 Å². The first-order chi connectivity index (χ1) is 8.93. The summed E-state index contributed by atoms with van der Waals surface area (Å²) in [4.78, 5) is 2.59. The first-order valence-electron chi connectivity index (χ1n) is 8.23. The van der Waals surface area contributed by atoms with Crippen molar-refractivity contribution in [2.24, 2.45) is 0 Å². The first-order valence-corrected chi connectivity index (χ1v) is 8.23. The van der Waals surface area contributed by atoms with Gasteiger partial charge in [0.15, 0.2) is 0 Å². The number of ether oxygens (including phenoxy) is 1. The second kappa shape index (κ2) is 12.0. The van der Waals surface area contributed by atoms with Gasteiger partial charge in [0.1, 0.15) is 0 Å². The molecule has 108 valence electrons. The van der Waals surface area contributed by atoms with E-state index in [1.807, 2.05) is 0 Å². The third-order valence-corrected chi connectivity index (χ3v) is 3.85. The highest BCUT2D eigenvalue weighted by molar-refractivity contribution is 4.63. The van der Waals surface area contributed by atoms with Crippen LogP contribution in [0.5, 0.6) is 0 Å². The molecule has 0 atom stereocenters. The molecule has 1 heterocycles. The van der Waals surface area contributed by atoms with Gasteiger partial charge in [-0.1, -0.05) is 45.4 Å². The molecule has 1 saturated heterocycles. The SMILES string of the molecule is CCCCCCCCOCCCN1CCCCC1. The number of unbranched alkanes of at least 4 members (excludes halogenated alkanes) is 5. The standard InChI is InChI=1S/C16H33NO/c1-2-3-4-5-6-10-15-18-16-11-14-17-12-8-7-9-13-17/h2-16H2,1H3. The predicted molar refractivity (Wildman–Crippen MR) is 79.1 cm³/mol. The fourth-order valence-electron chi connectivity index (χ4n) is 2.66. The van der Waals surface area contributed by atoms with E-state index in [-0.39, 0.29) is 0 Å². The zero-order chi connectivity index (χ0) is 12.9. The Morgan fingerprint density at radius 3 is 2.22 bits per heavy atom. The quantitative estimate of drug-likeness (QED) is 0.512. The monoisotopic (exact) mass is 255 g/mol. The van der Waals surface area contributed by atoms with Crippen molar-refractivity contribution in [2.75, 3.05) is 32.8 Å². The molecule has 0 radical (unpaired) electrons. The van der Waals surface area contributed by atoms with Crippen molar-refractivity contribution >= 4 is 0 Å². The van der Waals surface area contributed by atoms with Gasteiger partial charge in [-0.05, 0) is 38.8 Å². The Labute approximate surface area is 114 Å². The summed E-state index contributed by atoms with van der Waals surface area (Å²) in [5, 5.41) is 0. The summed E-state index contributed by atoms with van der Waals surface area (Å²) in [7, 11) is 0. The van der Waals surface area contributed by atoms with Crippen LogP contribution in [-0.2, 0) is 4.74 Å². The first kappa shape index (κ1) is 16.0. The topological polar surface area (TPSA) is 12.5 Å². The normalized spacial score (nSPS) is 17.2. The minimum absolute atomic E-state index is 0.964. The lowest BCUT2D eigenvalue weighted by Gasteiger charge is -2.26. The minimum atomic E-state index is 0.964. The molecule has 0 aromatic carbocycles. The van der Waals surface area contributed by atoms with Crippen molar-refractivity contribution in [3.05, 3.63) is 0 Å². The van der Waals surface area contributed by atoms with Crippen LogP contribution in [-0.4, -0.2) is 37.7 Å². The molecule has 0 amide bonds. The molecule has 1 fully saturated rings. The molecule has 2 heteroatoms. The van der Waals surface area contributed by atoms with E-state index in [1.54, 1.807) is 0 Å². The molecule has 0 unspecified atom stereocenters. The summed E-state index contributed by atoms with van der Waals surface area (Å²) in [6.07, 6.45) is 13.6. The van der Waals surface area contributed by atoms with Crippen molar-refractivity contribution in [1.29, 1.82) is 0 Å².